The fraction of sp³-hybridized carbons (Fsp3) is 0.200. The van der Waals surface area contributed by atoms with Gasteiger partial charge in [0.1, 0.15) is 0 Å². The van der Waals surface area contributed by atoms with Gasteiger partial charge in [-0.2, -0.15) is 0 Å². The van der Waals surface area contributed by atoms with E-state index < -0.39 is 0 Å². The topological polar surface area (TPSA) is 59.2 Å². The van der Waals surface area contributed by atoms with Crippen molar-refractivity contribution in [3.05, 3.63) is 59.9 Å². The molecule has 0 spiro atoms. The van der Waals surface area contributed by atoms with Gasteiger partial charge in [-0.15, -0.1) is 0 Å². The van der Waals surface area contributed by atoms with Crippen LogP contribution in [0, 0.1) is 6.92 Å². The van der Waals surface area contributed by atoms with Crippen LogP contribution < -0.4 is 10.6 Å². The number of nitrogens with two attached hydrogens (primary N) is 1. The molecule has 0 aliphatic rings. The summed E-state index contributed by atoms with van der Waals surface area (Å²) >= 11 is 0. The summed E-state index contributed by atoms with van der Waals surface area (Å²) in [7, 11) is 0. The van der Waals surface area contributed by atoms with Gasteiger partial charge in [0.05, 0.1) is 5.56 Å². The van der Waals surface area contributed by atoms with Gasteiger partial charge in [-0.25, -0.2) is 0 Å². The lowest BCUT2D eigenvalue weighted by Gasteiger charge is -2.22. The van der Waals surface area contributed by atoms with Gasteiger partial charge in [-0.3, -0.25) is 9.78 Å². The average molecular weight is 255 g/mol. The molecule has 0 saturated heterocycles. The lowest BCUT2D eigenvalue weighted by atomic mass is 10.2. The van der Waals surface area contributed by atoms with E-state index >= 15 is 0 Å². The third kappa shape index (κ3) is 3.17. The van der Waals surface area contributed by atoms with E-state index in [1.54, 1.807) is 29.4 Å². The van der Waals surface area contributed by atoms with Crippen LogP contribution in [-0.2, 0) is 0 Å². The van der Waals surface area contributed by atoms with Crippen molar-refractivity contribution >= 4 is 11.6 Å². The molecule has 0 saturated carbocycles. The number of aromatic nitrogens is 1. The molecule has 2 N–H and O–H groups in total. The summed E-state index contributed by atoms with van der Waals surface area (Å²) in [6.07, 6.45) is 3.22. The first-order valence-corrected chi connectivity index (χ1v) is 6.21. The lowest BCUT2D eigenvalue weighted by Crippen LogP contribution is -2.35. The normalized spacial score (nSPS) is 10.2. The van der Waals surface area contributed by atoms with Gasteiger partial charge < -0.3 is 10.6 Å². The molecule has 0 unspecified atom stereocenters. The molecule has 19 heavy (non-hydrogen) atoms. The second-order valence-electron chi connectivity index (χ2n) is 4.33. The number of benzene rings is 1. The maximum Gasteiger partial charge on any atom is 0.259 e. The second-order valence-corrected chi connectivity index (χ2v) is 4.33. The Morgan fingerprint density at radius 1 is 1.32 bits per heavy atom. The molecule has 2 aromatic rings. The number of hydrogen-bond donors (Lipinski definition) is 1. The van der Waals surface area contributed by atoms with E-state index in [0.29, 0.717) is 18.7 Å². The summed E-state index contributed by atoms with van der Waals surface area (Å²) in [6, 6.07) is 11.3. The number of nitrogens with zero attached hydrogens (tertiary/aromatic N) is 2. The maximum absolute atomic E-state index is 12.5. The Labute approximate surface area is 112 Å². The average Bonchev–Trinajstić information content (AvgIpc) is 2.45. The molecule has 0 radical (unpaired) electrons. The minimum atomic E-state index is -0.0795. The summed E-state index contributed by atoms with van der Waals surface area (Å²) in [4.78, 5) is 18.1. The van der Waals surface area contributed by atoms with Gasteiger partial charge in [0.15, 0.2) is 0 Å². The van der Waals surface area contributed by atoms with Crippen LogP contribution in [0.1, 0.15) is 15.9 Å². The number of carbonyl (C=O) groups is 1. The molecule has 0 aliphatic carbocycles. The molecule has 0 bridgehead atoms. The van der Waals surface area contributed by atoms with Crippen LogP contribution >= 0.6 is 0 Å². The Hall–Kier alpha value is -2.20. The van der Waals surface area contributed by atoms with Crippen molar-refractivity contribution in [1.82, 2.24) is 4.98 Å². The van der Waals surface area contributed by atoms with Gasteiger partial charge in [0, 0.05) is 31.2 Å². The SMILES string of the molecule is Cc1cccc(N(CCN)C(=O)c2cccnc2)c1. The number of aryl methyl sites for hydroxylation is 1. The summed E-state index contributed by atoms with van der Waals surface area (Å²) in [5, 5.41) is 0. The standard InChI is InChI=1S/C15H17N3O/c1-12-4-2-6-14(10-12)18(9-7-16)15(19)13-5-3-8-17-11-13/h2-6,8,10-11H,7,9,16H2,1H3. The van der Waals surface area contributed by atoms with Crippen molar-refractivity contribution in [2.24, 2.45) is 5.73 Å². The van der Waals surface area contributed by atoms with E-state index in [2.05, 4.69) is 4.98 Å². The number of anilines is 1. The van der Waals surface area contributed by atoms with Crippen LogP contribution in [0.15, 0.2) is 48.8 Å². The summed E-state index contributed by atoms with van der Waals surface area (Å²) < 4.78 is 0. The van der Waals surface area contributed by atoms with Crippen molar-refractivity contribution in [3.63, 3.8) is 0 Å². The van der Waals surface area contributed by atoms with E-state index in [1.807, 2.05) is 31.2 Å². The van der Waals surface area contributed by atoms with Gasteiger partial charge in [0.25, 0.3) is 5.91 Å². The van der Waals surface area contributed by atoms with Gasteiger partial charge in [-0.1, -0.05) is 12.1 Å². The largest absolute Gasteiger partial charge is 0.329 e. The van der Waals surface area contributed by atoms with Crippen LogP contribution in [0.3, 0.4) is 0 Å². The number of amides is 1. The molecule has 1 aromatic heterocycles. The van der Waals surface area contributed by atoms with Crippen LogP contribution in [0.2, 0.25) is 0 Å². The highest BCUT2D eigenvalue weighted by Crippen LogP contribution is 2.18. The van der Waals surface area contributed by atoms with Crippen LogP contribution in [0.25, 0.3) is 0 Å². The van der Waals surface area contributed by atoms with Crippen molar-refractivity contribution in [1.29, 1.82) is 0 Å². The first-order valence-electron chi connectivity index (χ1n) is 6.21. The van der Waals surface area contributed by atoms with Gasteiger partial charge in [-0.05, 0) is 36.8 Å². The monoisotopic (exact) mass is 255 g/mol. The zero-order valence-corrected chi connectivity index (χ0v) is 10.9. The maximum atomic E-state index is 12.5. The van der Waals surface area contributed by atoms with Crippen LogP contribution in [0.4, 0.5) is 5.69 Å². The molecule has 4 heteroatoms. The molecular weight excluding hydrogens is 238 g/mol. The Bertz CT molecular complexity index is 554. The zero-order valence-electron chi connectivity index (χ0n) is 10.9. The van der Waals surface area contributed by atoms with E-state index in [-0.39, 0.29) is 5.91 Å². The van der Waals surface area contributed by atoms with E-state index in [0.717, 1.165) is 11.3 Å². The number of hydrogen-bond acceptors (Lipinski definition) is 3. The van der Waals surface area contributed by atoms with Crippen molar-refractivity contribution in [2.75, 3.05) is 18.0 Å². The number of rotatable bonds is 4. The first kappa shape index (κ1) is 13.2. The molecule has 1 aromatic carbocycles. The third-order valence-electron chi connectivity index (χ3n) is 2.82. The second kappa shape index (κ2) is 6.11. The molecule has 2 rings (SSSR count). The Kier molecular flexibility index (Phi) is 4.26. The fourth-order valence-electron chi connectivity index (χ4n) is 1.92. The Morgan fingerprint density at radius 2 is 2.16 bits per heavy atom. The third-order valence-corrected chi connectivity index (χ3v) is 2.82. The zero-order chi connectivity index (χ0) is 13.7. The molecule has 0 atom stereocenters. The highest BCUT2D eigenvalue weighted by molar-refractivity contribution is 6.05. The molecule has 4 nitrogen and oxygen atoms in total. The fourth-order valence-corrected chi connectivity index (χ4v) is 1.92. The summed E-state index contributed by atoms with van der Waals surface area (Å²) in [5.41, 5.74) is 8.15. The molecule has 0 aliphatic heterocycles. The molecule has 98 valence electrons. The van der Waals surface area contributed by atoms with Gasteiger partial charge >= 0.3 is 0 Å². The predicted octanol–water partition coefficient (Wildman–Crippen LogP) is 2.00. The number of carbonyl (C=O) groups excluding carboxylic acids is 1. The summed E-state index contributed by atoms with van der Waals surface area (Å²) in [6.45, 7) is 2.90. The van der Waals surface area contributed by atoms with E-state index in [9.17, 15) is 4.79 Å². The van der Waals surface area contributed by atoms with E-state index in [4.69, 9.17) is 5.73 Å². The molecule has 1 heterocycles. The number of pyridine rings is 1. The highest BCUT2D eigenvalue weighted by atomic mass is 16.2. The first-order chi connectivity index (χ1) is 9.22. The summed E-state index contributed by atoms with van der Waals surface area (Å²) in [5.74, 6) is -0.0795. The highest BCUT2D eigenvalue weighted by Gasteiger charge is 2.16. The Balaban J connectivity index is 2.33. The predicted molar refractivity (Wildman–Crippen MR) is 76.1 cm³/mol. The molecule has 0 fully saturated rings. The van der Waals surface area contributed by atoms with Crippen molar-refractivity contribution in [2.45, 2.75) is 6.92 Å². The quantitative estimate of drug-likeness (QED) is 0.909. The van der Waals surface area contributed by atoms with Crippen LogP contribution in [-0.4, -0.2) is 24.0 Å². The van der Waals surface area contributed by atoms with Crippen molar-refractivity contribution in [3.8, 4) is 0 Å². The van der Waals surface area contributed by atoms with E-state index in [1.165, 1.54) is 0 Å². The van der Waals surface area contributed by atoms with Crippen LogP contribution in [0.5, 0.6) is 0 Å². The smallest absolute Gasteiger partial charge is 0.259 e. The lowest BCUT2D eigenvalue weighted by molar-refractivity contribution is 0.0987. The molecular formula is C15H17N3O. The Morgan fingerprint density at radius 3 is 2.79 bits per heavy atom. The minimum Gasteiger partial charge on any atom is -0.329 e. The van der Waals surface area contributed by atoms with Gasteiger partial charge in [0.2, 0.25) is 0 Å². The molecule has 1 amide bonds. The minimum absolute atomic E-state index is 0.0795. The van der Waals surface area contributed by atoms with Crippen molar-refractivity contribution < 1.29 is 4.79 Å².